The molecule has 1 amide bonds. The number of aromatic amines is 1. The van der Waals surface area contributed by atoms with Gasteiger partial charge in [-0.25, -0.2) is 0 Å². The Kier molecular flexibility index (Phi) is 4.17. The number of hydrogen-bond acceptors (Lipinski definition) is 5. The Balaban J connectivity index is 2.67. The lowest BCUT2D eigenvalue weighted by Crippen LogP contribution is -2.38. The van der Waals surface area contributed by atoms with Gasteiger partial charge in [-0.1, -0.05) is 0 Å². The fraction of sp³-hybridized carbons (Fsp3) is 0.750. The predicted molar refractivity (Wildman–Crippen MR) is 52.1 cm³/mol. The van der Waals surface area contributed by atoms with E-state index in [1.54, 1.807) is 4.90 Å². The molecule has 0 atom stereocenters. The summed E-state index contributed by atoms with van der Waals surface area (Å²) in [6.45, 7) is 4.34. The molecule has 0 aromatic carbocycles. The van der Waals surface area contributed by atoms with Crippen LogP contribution in [0.2, 0.25) is 0 Å². The number of H-pyrrole nitrogens is 1. The van der Waals surface area contributed by atoms with Gasteiger partial charge in [-0.05, 0) is 25.5 Å². The smallest absolute Gasteiger partial charge is 0.295 e. The minimum absolute atomic E-state index is 0.0440. The zero-order chi connectivity index (χ0) is 11.3. The highest BCUT2D eigenvalue weighted by atomic mass is 16.3. The normalized spacial score (nSPS) is 10.7. The second kappa shape index (κ2) is 5.40. The molecule has 1 aromatic rings. The standard InChI is InChI=1S/C8H15N5O2/c1-6(2)13(4-3-5-14)8(15)7-9-11-12-10-7/h6,14H,3-5H2,1-2H3,(H,9,10,11,12). The van der Waals surface area contributed by atoms with Crippen molar-refractivity contribution in [3.05, 3.63) is 5.82 Å². The van der Waals surface area contributed by atoms with Gasteiger partial charge in [0.1, 0.15) is 0 Å². The molecule has 0 unspecified atom stereocenters. The van der Waals surface area contributed by atoms with Gasteiger partial charge in [-0.15, -0.1) is 10.2 Å². The van der Waals surface area contributed by atoms with Crippen molar-refractivity contribution in [2.24, 2.45) is 0 Å². The summed E-state index contributed by atoms with van der Waals surface area (Å²) in [5, 5.41) is 21.5. The van der Waals surface area contributed by atoms with Crippen LogP contribution >= 0.6 is 0 Å². The van der Waals surface area contributed by atoms with Gasteiger partial charge < -0.3 is 10.0 Å². The van der Waals surface area contributed by atoms with Crippen LogP contribution in [0.25, 0.3) is 0 Å². The maximum Gasteiger partial charge on any atom is 0.295 e. The molecule has 1 rings (SSSR count). The first-order valence-electron chi connectivity index (χ1n) is 4.82. The molecule has 7 heteroatoms. The van der Waals surface area contributed by atoms with Crippen molar-refractivity contribution in [3.63, 3.8) is 0 Å². The van der Waals surface area contributed by atoms with Crippen LogP contribution < -0.4 is 0 Å². The number of carbonyl (C=O) groups is 1. The van der Waals surface area contributed by atoms with Crippen molar-refractivity contribution in [1.29, 1.82) is 0 Å². The van der Waals surface area contributed by atoms with E-state index in [1.165, 1.54) is 0 Å². The van der Waals surface area contributed by atoms with Gasteiger partial charge in [-0.2, -0.15) is 5.21 Å². The fourth-order valence-electron chi connectivity index (χ4n) is 1.22. The highest BCUT2D eigenvalue weighted by molar-refractivity contribution is 5.90. The van der Waals surface area contributed by atoms with Crippen LogP contribution in [0.1, 0.15) is 30.9 Å². The SMILES string of the molecule is CC(C)N(CCCO)C(=O)c1nn[nH]n1. The zero-order valence-corrected chi connectivity index (χ0v) is 8.84. The molecular weight excluding hydrogens is 198 g/mol. The number of nitrogens with zero attached hydrogens (tertiary/aromatic N) is 4. The third-order valence-corrected chi connectivity index (χ3v) is 1.98. The molecule has 84 valence electrons. The van der Waals surface area contributed by atoms with Crippen LogP contribution in [-0.4, -0.2) is 55.7 Å². The van der Waals surface area contributed by atoms with Crippen LogP contribution in [0.3, 0.4) is 0 Å². The molecule has 0 fully saturated rings. The van der Waals surface area contributed by atoms with E-state index in [2.05, 4.69) is 20.6 Å². The summed E-state index contributed by atoms with van der Waals surface area (Å²) in [7, 11) is 0. The lowest BCUT2D eigenvalue weighted by Gasteiger charge is -2.24. The maximum absolute atomic E-state index is 11.8. The number of tetrazole rings is 1. The molecule has 7 nitrogen and oxygen atoms in total. The topological polar surface area (TPSA) is 95.0 Å². The van der Waals surface area contributed by atoms with Gasteiger partial charge >= 0.3 is 0 Å². The first kappa shape index (κ1) is 11.6. The molecule has 1 heterocycles. The average Bonchev–Trinajstić information content (AvgIpc) is 2.70. The summed E-state index contributed by atoms with van der Waals surface area (Å²) < 4.78 is 0. The second-order valence-electron chi connectivity index (χ2n) is 3.40. The molecule has 0 aliphatic heterocycles. The number of hydrogen-bond donors (Lipinski definition) is 2. The molecule has 0 spiro atoms. The number of nitrogens with one attached hydrogen (secondary N) is 1. The van der Waals surface area contributed by atoms with E-state index in [0.717, 1.165) is 0 Å². The Bertz CT molecular complexity index is 298. The van der Waals surface area contributed by atoms with Gasteiger partial charge in [0.25, 0.3) is 11.7 Å². The summed E-state index contributed by atoms with van der Waals surface area (Å²) in [5.74, 6) is -0.214. The lowest BCUT2D eigenvalue weighted by molar-refractivity contribution is 0.0680. The maximum atomic E-state index is 11.8. The number of amides is 1. The Morgan fingerprint density at radius 2 is 2.33 bits per heavy atom. The van der Waals surface area contributed by atoms with Gasteiger partial charge in [0.05, 0.1) is 0 Å². The molecule has 0 aliphatic carbocycles. The van der Waals surface area contributed by atoms with Crippen molar-refractivity contribution in [2.75, 3.05) is 13.2 Å². The van der Waals surface area contributed by atoms with Crippen LogP contribution in [-0.2, 0) is 0 Å². The molecule has 0 radical (unpaired) electrons. The van der Waals surface area contributed by atoms with E-state index in [9.17, 15) is 4.79 Å². The van der Waals surface area contributed by atoms with E-state index in [-0.39, 0.29) is 24.4 Å². The molecule has 0 bridgehead atoms. The zero-order valence-electron chi connectivity index (χ0n) is 8.84. The number of aliphatic hydroxyl groups excluding tert-OH is 1. The van der Waals surface area contributed by atoms with Crippen molar-refractivity contribution in [2.45, 2.75) is 26.3 Å². The first-order chi connectivity index (χ1) is 7.16. The fourth-order valence-corrected chi connectivity index (χ4v) is 1.22. The highest BCUT2D eigenvalue weighted by Crippen LogP contribution is 2.04. The van der Waals surface area contributed by atoms with E-state index < -0.39 is 0 Å². The lowest BCUT2D eigenvalue weighted by atomic mass is 10.2. The summed E-state index contributed by atoms with van der Waals surface area (Å²) in [4.78, 5) is 13.4. The monoisotopic (exact) mass is 213 g/mol. The van der Waals surface area contributed by atoms with Crippen LogP contribution in [0, 0.1) is 0 Å². The van der Waals surface area contributed by atoms with Crippen molar-refractivity contribution >= 4 is 5.91 Å². The molecule has 0 aliphatic rings. The number of carbonyl (C=O) groups excluding carboxylic acids is 1. The molecule has 1 aromatic heterocycles. The van der Waals surface area contributed by atoms with Gasteiger partial charge in [0, 0.05) is 19.2 Å². The Labute approximate surface area is 87.5 Å². The largest absolute Gasteiger partial charge is 0.396 e. The summed E-state index contributed by atoms with van der Waals surface area (Å²) >= 11 is 0. The van der Waals surface area contributed by atoms with Crippen molar-refractivity contribution < 1.29 is 9.90 Å². The Morgan fingerprint density at radius 3 is 2.80 bits per heavy atom. The van der Waals surface area contributed by atoms with Crippen LogP contribution in [0.15, 0.2) is 0 Å². The molecular formula is C8H15N5O2. The molecule has 15 heavy (non-hydrogen) atoms. The van der Waals surface area contributed by atoms with E-state index in [1.807, 2.05) is 13.8 Å². The van der Waals surface area contributed by atoms with Crippen molar-refractivity contribution in [1.82, 2.24) is 25.5 Å². The third kappa shape index (κ3) is 2.98. The minimum Gasteiger partial charge on any atom is -0.396 e. The number of aliphatic hydroxyl groups is 1. The van der Waals surface area contributed by atoms with Crippen LogP contribution in [0.5, 0.6) is 0 Å². The van der Waals surface area contributed by atoms with E-state index in [4.69, 9.17) is 5.11 Å². The van der Waals surface area contributed by atoms with Crippen molar-refractivity contribution in [3.8, 4) is 0 Å². The minimum atomic E-state index is -0.271. The Morgan fingerprint density at radius 1 is 1.60 bits per heavy atom. The van der Waals surface area contributed by atoms with Crippen LogP contribution in [0.4, 0.5) is 0 Å². The molecule has 0 saturated heterocycles. The summed E-state index contributed by atoms with van der Waals surface area (Å²) in [6.07, 6.45) is 0.543. The molecule has 2 N–H and O–H groups in total. The Hall–Kier alpha value is -1.50. The summed E-state index contributed by atoms with van der Waals surface area (Å²) in [5.41, 5.74) is 0. The van der Waals surface area contributed by atoms with Gasteiger partial charge in [-0.3, -0.25) is 4.79 Å². The van der Waals surface area contributed by atoms with E-state index >= 15 is 0 Å². The predicted octanol–water partition coefficient (Wildman–Crippen LogP) is -0.567. The summed E-state index contributed by atoms with van der Waals surface area (Å²) in [6, 6.07) is 0.0440. The third-order valence-electron chi connectivity index (χ3n) is 1.98. The van der Waals surface area contributed by atoms with E-state index in [0.29, 0.717) is 13.0 Å². The quantitative estimate of drug-likeness (QED) is 0.683. The number of aromatic nitrogens is 4. The average molecular weight is 213 g/mol. The highest BCUT2D eigenvalue weighted by Gasteiger charge is 2.21. The first-order valence-corrected chi connectivity index (χ1v) is 4.82. The number of rotatable bonds is 5. The second-order valence-corrected chi connectivity index (χ2v) is 3.40. The molecule has 0 saturated carbocycles. The van der Waals surface area contributed by atoms with Gasteiger partial charge in [0.2, 0.25) is 0 Å². The van der Waals surface area contributed by atoms with Gasteiger partial charge in [0.15, 0.2) is 0 Å².